The zero-order valence-electron chi connectivity index (χ0n) is 30.1. The van der Waals surface area contributed by atoms with E-state index in [1.165, 1.54) is 0 Å². The third-order valence-electron chi connectivity index (χ3n) is 7.99. The molecule has 0 heterocycles. The van der Waals surface area contributed by atoms with Crippen LogP contribution >= 0.6 is 7.82 Å². The fourth-order valence-corrected chi connectivity index (χ4v) is 5.01. The molecule has 4 nitrogen and oxygen atoms in total. The molecule has 0 saturated heterocycles. The van der Waals surface area contributed by atoms with Gasteiger partial charge in [0.25, 0.3) is 0 Å². The minimum Gasteiger partial charge on any atom is -0.287 e. The summed E-state index contributed by atoms with van der Waals surface area (Å²) in [5.41, 5.74) is 0. The topological polar surface area (TPSA) is 44.8 Å². The van der Waals surface area contributed by atoms with Crippen molar-refractivity contribution in [1.29, 1.82) is 0 Å². The molecule has 0 aliphatic rings. The maximum absolute atomic E-state index is 14.1. The molecule has 0 saturated carbocycles. The fourth-order valence-electron chi connectivity index (χ4n) is 3.85. The molecule has 0 spiro atoms. The Balaban J connectivity index is 7.18. The summed E-state index contributed by atoms with van der Waals surface area (Å²) in [6, 6.07) is 0. The lowest BCUT2D eigenvalue weighted by atomic mass is 9.93. The van der Waals surface area contributed by atoms with Crippen molar-refractivity contribution in [2.75, 3.05) is 19.8 Å². The first-order valence-corrected chi connectivity index (χ1v) is 16.7. The zero-order chi connectivity index (χ0) is 55.9. The van der Waals surface area contributed by atoms with Gasteiger partial charge in [-0.1, -0.05) is 0 Å². The van der Waals surface area contributed by atoms with E-state index >= 15 is 0 Å². The molecular weight excluding hydrogens is 1120 g/mol. The molecule has 68 heavy (non-hydrogen) atoms. The van der Waals surface area contributed by atoms with E-state index in [2.05, 4.69) is 13.6 Å². The molecular formula is C24H12F39O4P. The SMILES string of the molecule is O=P(OCCC(F)(F)C(F)(F)C(F)(F)C(F)(F)C(F)(F)C(F)(F)F)(OCCC(F)(F)C(F)(F)C(F)(F)C(F)(F)C(F)(F)C(F)(F)F)OCCC(F)(F)C(F)(F)C(F)(F)C(F)(F)C(F)(F)C(F)(F)F. The van der Waals surface area contributed by atoms with Crippen molar-refractivity contribution >= 4 is 7.82 Å². The molecule has 0 bridgehead atoms. The van der Waals surface area contributed by atoms with E-state index in [9.17, 15) is 176 Å². The second-order valence-corrected chi connectivity index (χ2v) is 14.4. The number of rotatable bonds is 24. The molecule has 0 aliphatic carbocycles. The third kappa shape index (κ3) is 10.1. The van der Waals surface area contributed by atoms with Crippen LogP contribution in [-0.4, -0.2) is 127 Å². The van der Waals surface area contributed by atoms with E-state index in [1.54, 1.807) is 0 Å². The van der Waals surface area contributed by atoms with Gasteiger partial charge in [-0.25, -0.2) is 4.57 Å². The first kappa shape index (κ1) is 65.4. The van der Waals surface area contributed by atoms with Gasteiger partial charge >= 0.3 is 115 Å². The summed E-state index contributed by atoms with van der Waals surface area (Å²) in [6.07, 6.45) is -36.0. The van der Waals surface area contributed by atoms with Crippen LogP contribution in [0.5, 0.6) is 0 Å². The van der Waals surface area contributed by atoms with Crippen molar-refractivity contribution in [2.24, 2.45) is 0 Å². The second kappa shape index (κ2) is 17.8. The van der Waals surface area contributed by atoms with Gasteiger partial charge in [-0.3, -0.25) is 13.6 Å². The van der Waals surface area contributed by atoms with E-state index in [4.69, 9.17) is 0 Å². The summed E-state index contributed by atoms with van der Waals surface area (Å²) >= 11 is 0. The maximum atomic E-state index is 14.1. The highest BCUT2D eigenvalue weighted by Crippen LogP contribution is 2.65. The molecule has 410 valence electrons. The van der Waals surface area contributed by atoms with E-state index in [1.807, 2.05) is 0 Å². The van der Waals surface area contributed by atoms with Crippen LogP contribution in [0.3, 0.4) is 0 Å². The molecule has 0 N–H and O–H groups in total. The Morgan fingerprint density at radius 3 is 0.485 bits per heavy atom. The highest BCUT2D eigenvalue weighted by Gasteiger charge is 2.93. The number of hydrogen-bond donors (Lipinski definition) is 0. The van der Waals surface area contributed by atoms with Crippen LogP contribution in [0.2, 0.25) is 0 Å². The third-order valence-corrected chi connectivity index (χ3v) is 9.49. The standard InChI is InChI=1S/C24H12F39O4P/c25-7(26,10(31,32)13(37,38)16(43,44)19(49,50)22(55,56)57)1-4-65-68(64,66-5-2-8(27,28)11(33,34)14(39,40)17(45,46)20(51,52)23(58,59)60)67-6-3-9(29,30)12(35,36)15(41,42)18(47,48)21(53,54)24(61,62)63/h1-6H2. The number of phosphoric ester groups is 1. The van der Waals surface area contributed by atoms with Crippen LogP contribution < -0.4 is 0 Å². The first-order chi connectivity index (χ1) is 28.9. The Bertz CT molecular complexity index is 1570. The molecule has 0 aliphatic heterocycles. The lowest BCUT2D eigenvalue weighted by Gasteiger charge is -2.40. The largest absolute Gasteiger partial charge is 0.474 e. The van der Waals surface area contributed by atoms with E-state index in [0.717, 1.165) is 0 Å². The predicted octanol–water partition coefficient (Wildman–Crippen LogP) is 14.5. The minimum atomic E-state index is -8.72. The van der Waals surface area contributed by atoms with Crippen LogP contribution in [0.25, 0.3) is 0 Å². The summed E-state index contributed by atoms with van der Waals surface area (Å²) in [7, 11) is -7.55. The lowest BCUT2D eigenvalue weighted by molar-refractivity contribution is -0.440. The predicted molar refractivity (Wildman–Crippen MR) is 132 cm³/mol. The molecule has 44 heteroatoms. The molecule has 0 unspecified atom stereocenters. The minimum absolute atomic E-state index is 3.18. The van der Waals surface area contributed by atoms with Crippen molar-refractivity contribution < 1.29 is 189 Å². The normalized spacial score (nSPS) is 16.8. The Labute approximate surface area is 344 Å². The highest BCUT2D eigenvalue weighted by molar-refractivity contribution is 7.48. The average molecular weight is 1140 g/mol. The Kier molecular flexibility index (Phi) is 17.2. The summed E-state index contributed by atoms with van der Waals surface area (Å²) < 4.78 is 541. The first-order valence-electron chi connectivity index (χ1n) is 15.3. The molecule has 0 radical (unpaired) electrons. The van der Waals surface area contributed by atoms with E-state index < -0.39 is 154 Å². The Morgan fingerprint density at radius 2 is 0.353 bits per heavy atom. The smallest absolute Gasteiger partial charge is 0.287 e. The van der Waals surface area contributed by atoms with Crippen molar-refractivity contribution in [3.05, 3.63) is 0 Å². The molecule has 0 fully saturated rings. The van der Waals surface area contributed by atoms with Crippen molar-refractivity contribution in [2.45, 2.75) is 127 Å². The maximum Gasteiger partial charge on any atom is 0.474 e. The number of alkyl halides is 39. The molecule has 0 amide bonds. The van der Waals surface area contributed by atoms with Crippen molar-refractivity contribution in [3.8, 4) is 0 Å². The van der Waals surface area contributed by atoms with Gasteiger partial charge in [0.15, 0.2) is 0 Å². The van der Waals surface area contributed by atoms with Gasteiger partial charge in [0.2, 0.25) is 0 Å². The fraction of sp³-hybridized carbons (Fsp3) is 1.00. The molecule has 0 atom stereocenters. The van der Waals surface area contributed by atoms with Crippen LogP contribution in [0.1, 0.15) is 19.3 Å². The van der Waals surface area contributed by atoms with Gasteiger partial charge in [0, 0.05) is 19.3 Å². The van der Waals surface area contributed by atoms with Gasteiger partial charge in [-0.2, -0.15) is 171 Å². The van der Waals surface area contributed by atoms with Crippen LogP contribution in [0.4, 0.5) is 171 Å². The molecule has 0 aromatic rings. The zero-order valence-corrected chi connectivity index (χ0v) is 31.0. The van der Waals surface area contributed by atoms with Crippen LogP contribution in [-0.2, 0) is 18.1 Å². The van der Waals surface area contributed by atoms with Gasteiger partial charge in [0.05, 0.1) is 19.8 Å². The summed E-state index contributed by atoms with van der Waals surface area (Å²) in [4.78, 5) is 0. The second-order valence-electron chi connectivity index (χ2n) is 12.7. The van der Waals surface area contributed by atoms with Crippen LogP contribution in [0.15, 0.2) is 0 Å². The van der Waals surface area contributed by atoms with Crippen molar-refractivity contribution in [1.82, 2.24) is 0 Å². The molecule has 0 rings (SSSR count). The van der Waals surface area contributed by atoms with Gasteiger partial charge in [-0.05, 0) is 0 Å². The Morgan fingerprint density at radius 1 is 0.221 bits per heavy atom. The highest BCUT2D eigenvalue weighted by atomic mass is 31.2. The average Bonchev–Trinajstić information content (AvgIpc) is 3.08. The van der Waals surface area contributed by atoms with Gasteiger partial charge in [0.1, 0.15) is 0 Å². The Hall–Kier alpha value is -2.62. The molecule has 0 aromatic carbocycles. The van der Waals surface area contributed by atoms with Gasteiger partial charge < -0.3 is 0 Å². The van der Waals surface area contributed by atoms with Crippen molar-refractivity contribution in [3.63, 3.8) is 0 Å². The van der Waals surface area contributed by atoms with Crippen LogP contribution in [0, 0.1) is 0 Å². The number of hydrogen-bond acceptors (Lipinski definition) is 4. The lowest BCUT2D eigenvalue weighted by Crippen LogP contribution is -2.70. The summed E-state index contributed by atoms with van der Waals surface area (Å²) in [5, 5.41) is 0. The summed E-state index contributed by atoms with van der Waals surface area (Å²) in [5.74, 6) is -125. The van der Waals surface area contributed by atoms with E-state index in [-0.39, 0.29) is 0 Å². The number of halogens is 39. The van der Waals surface area contributed by atoms with Gasteiger partial charge in [-0.15, -0.1) is 0 Å². The van der Waals surface area contributed by atoms with E-state index in [0.29, 0.717) is 0 Å². The quantitative estimate of drug-likeness (QED) is 0.0714. The summed E-state index contributed by atoms with van der Waals surface area (Å²) in [6.45, 7) is -10.3. The monoisotopic (exact) mass is 1140 g/mol. The number of phosphoric acid groups is 1. The molecule has 0 aromatic heterocycles.